The van der Waals surface area contributed by atoms with Crippen LogP contribution in [0.5, 0.6) is 0 Å². The van der Waals surface area contributed by atoms with Gasteiger partial charge in [-0.25, -0.2) is 4.98 Å². The molecular weight excluding hydrogens is 270 g/mol. The lowest BCUT2D eigenvalue weighted by Gasteiger charge is -2.23. The number of hydrogen-bond donors (Lipinski definition) is 0. The number of pyridine rings is 1. The summed E-state index contributed by atoms with van der Waals surface area (Å²) in [5, 5.41) is 10.8. The van der Waals surface area contributed by atoms with Gasteiger partial charge in [-0.05, 0) is 25.3 Å². The van der Waals surface area contributed by atoms with Crippen LogP contribution in [0.1, 0.15) is 36.5 Å². The van der Waals surface area contributed by atoms with E-state index in [1.165, 1.54) is 12.3 Å². The van der Waals surface area contributed by atoms with Crippen LogP contribution < -0.4 is 0 Å². The number of carbonyl (C=O) groups excluding carboxylic acids is 1. The number of likely N-dealkylation sites (tertiary alicyclic amines) is 1. The normalized spacial score (nSPS) is 18.6. The third-order valence-electron chi connectivity index (χ3n) is 3.40. The molecule has 1 aliphatic rings. The number of rotatable bonds is 3. The molecule has 0 aliphatic carbocycles. The Hall–Kier alpha value is -1.69. The molecule has 1 atom stereocenters. The van der Waals surface area contributed by atoms with Crippen molar-refractivity contribution in [1.82, 2.24) is 9.88 Å². The molecule has 0 saturated carbocycles. The molecule has 0 radical (unpaired) electrons. The van der Waals surface area contributed by atoms with Crippen molar-refractivity contribution in [3.8, 4) is 0 Å². The SMILES string of the molecule is CCC1CCCN1C(=O)c1ccnc(Cl)c1[N+](=O)[O-]. The van der Waals surface area contributed by atoms with E-state index in [9.17, 15) is 14.9 Å². The van der Waals surface area contributed by atoms with E-state index in [-0.39, 0.29) is 22.7 Å². The Balaban J connectivity index is 2.39. The lowest BCUT2D eigenvalue weighted by molar-refractivity contribution is -0.385. The molecule has 0 spiro atoms. The molecule has 1 aromatic rings. The van der Waals surface area contributed by atoms with E-state index in [2.05, 4.69) is 4.98 Å². The fourth-order valence-corrected chi connectivity index (χ4v) is 2.68. The molecule has 1 aliphatic heterocycles. The molecule has 102 valence electrons. The van der Waals surface area contributed by atoms with Crippen LogP contribution in [-0.4, -0.2) is 33.3 Å². The van der Waals surface area contributed by atoms with Crippen LogP contribution in [0.15, 0.2) is 12.3 Å². The highest BCUT2D eigenvalue weighted by Gasteiger charge is 2.33. The van der Waals surface area contributed by atoms with Gasteiger partial charge in [0.2, 0.25) is 5.15 Å². The number of hydrogen-bond acceptors (Lipinski definition) is 4. The maximum Gasteiger partial charge on any atom is 0.319 e. The monoisotopic (exact) mass is 283 g/mol. The van der Waals surface area contributed by atoms with Crippen molar-refractivity contribution < 1.29 is 9.72 Å². The van der Waals surface area contributed by atoms with Gasteiger partial charge < -0.3 is 4.90 Å². The minimum atomic E-state index is -0.653. The van der Waals surface area contributed by atoms with E-state index in [1.54, 1.807) is 4.90 Å². The Morgan fingerprint density at radius 3 is 3.05 bits per heavy atom. The van der Waals surface area contributed by atoms with Crippen molar-refractivity contribution in [1.29, 1.82) is 0 Å². The quantitative estimate of drug-likeness (QED) is 0.485. The predicted molar refractivity (Wildman–Crippen MR) is 70.3 cm³/mol. The summed E-state index contributed by atoms with van der Waals surface area (Å²) in [5.74, 6) is -0.333. The second-order valence-electron chi connectivity index (χ2n) is 4.46. The topological polar surface area (TPSA) is 76.3 Å². The molecule has 6 nitrogen and oxygen atoms in total. The lowest BCUT2D eigenvalue weighted by atomic mass is 10.1. The summed E-state index contributed by atoms with van der Waals surface area (Å²) in [5.41, 5.74) is -0.388. The summed E-state index contributed by atoms with van der Waals surface area (Å²) in [6.45, 7) is 2.64. The van der Waals surface area contributed by atoms with E-state index in [0.717, 1.165) is 19.3 Å². The van der Waals surface area contributed by atoms with Gasteiger partial charge in [-0.2, -0.15) is 0 Å². The summed E-state index contributed by atoms with van der Waals surface area (Å²) >= 11 is 5.72. The van der Waals surface area contributed by atoms with Crippen molar-refractivity contribution >= 4 is 23.2 Å². The van der Waals surface area contributed by atoms with Crippen LogP contribution in [0, 0.1) is 10.1 Å². The van der Waals surface area contributed by atoms with Gasteiger partial charge in [-0.1, -0.05) is 18.5 Å². The minimum absolute atomic E-state index is 0.0188. The van der Waals surface area contributed by atoms with Crippen molar-refractivity contribution in [2.24, 2.45) is 0 Å². The maximum atomic E-state index is 12.4. The summed E-state index contributed by atoms with van der Waals surface area (Å²) in [6, 6.07) is 1.51. The summed E-state index contributed by atoms with van der Waals surface area (Å²) in [4.78, 5) is 28.2. The molecule has 1 saturated heterocycles. The molecule has 1 unspecified atom stereocenters. The van der Waals surface area contributed by atoms with Crippen molar-refractivity contribution in [2.75, 3.05) is 6.54 Å². The Labute approximate surface area is 115 Å². The number of aromatic nitrogens is 1. The first kappa shape index (κ1) is 13.7. The van der Waals surface area contributed by atoms with E-state index in [0.29, 0.717) is 6.54 Å². The van der Waals surface area contributed by atoms with Gasteiger partial charge in [0.25, 0.3) is 5.91 Å². The van der Waals surface area contributed by atoms with Crippen LogP contribution >= 0.6 is 11.6 Å². The molecule has 2 rings (SSSR count). The number of nitrogens with zero attached hydrogens (tertiary/aromatic N) is 3. The van der Waals surface area contributed by atoms with Gasteiger partial charge in [0.05, 0.1) is 4.92 Å². The average molecular weight is 284 g/mol. The largest absolute Gasteiger partial charge is 0.335 e. The third-order valence-corrected chi connectivity index (χ3v) is 3.68. The van der Waals surface area contributed by atoms with Crippen LogP contribution in [0.25, 0.3) is 0 Å². The molecule has 0 N–H and O–H groups in total. The van der Waals surface area contributed by atoms with Crippen molar-refractivity contribution in [3.63, 3.8) is 0 Å². The fourth-order valence-electron chi connectivity index (χ4n) is 2.46. The number of halogens is 1. The van der Waals surface area contributed by atoms with Gasteiger partial charge in [0.15, 0.2) is 0 Å². The molecular formula is C12H14ClN3O3. The van der Waals surface area contributed by atoms with Gasteiger partial charge in [0, 0.05) is 18.8 Å². The summed E-state index contributed by atoms with van der Waals surface area (Å²) in [7, 11) is 0. The second-order valence-corrected chi connectivity index (χ2v) is 4.82. The second kappa shape index (κ2) is 5.52. The van der Waals surface area contributed by atoms with Crippen LogP contribution in [0.3, 0.4) is 0 Å². The first-order valence-electron chi connectivity index (χ1n) is 6.16. The molecule has 1 amide bonds. The predicted octanol–water partition coefficient (Wildman–Crippen LogP) is 2.66. The highest BCUT2D eigenvalue weighted by molar-refractivity contribution is 6.32. The standard InChI is InChI=1S/C12H14ClN3O3/c1-2-8-4-3-7-15(8)12(17)9-5-6-14-11(13)10(9)16(18)19/h5-6,8H,2-4,7H2,1H3. The van der Waals surface area contributed by atoms with E-state index in [4.69, 9.17) is 11.6 Å². The van der Waals surface area contributed by atoms with Crippen molar-refractivity contribution in [2.45, 2.75) is 32.2 Å². The molecule has 1 fully saturated rings. The number of nitro groups is 1. The lowest BCUT2D eigenvalue weighted by Crippen LogP contribution is -2.35. The van der Waals surface area contributed by atoms with E-state index in [1.807, 2.05) is 6.92 Å². The zero-order valence-corrected chi connectivity index (χ0v) is 11.3. The van der Waals surface area contributed by atoms with Gasteiger partial charge in [-0.15, -0.1) is 0 Å². The van der Waals surface area contributed by atoms with E-state index < -0.39 is 10.6 Å². The van der Waals surface area contributed by atoms with E-state index >= 15 is 0 Å². The summed E-state index contributed by atoms with van der Waals surface area (Å²) in [6.07, 6.45) is 4.03. The van der Waals surface area contributed by atoms with Crippen LogP contribution in [0.4, 0.5) is 5.69 Å². The van der Waals surface area contributed by atoms with Crippen molar-refractivity contribution in [3.05, 3.63) is 33.1 Å². The first-order chi connectivity index (χ1) is 9.06. The summed E-state index contributed by atoms with van der Waals surface area (Å²) < 4.78 is 0. The van der Waals surface area contributed by atoms with Crippen LogP contribution in [0.2, 0.25) is 5.15 Å². The fraction of sp³-hybridized carbons (Fsp3) is 0.500. The molecule has 7 heteroatoms. The zero-order valence-electron chi connectivity index (χ0n) is 10.5. The Bertz CT molecular complexity index is 521. The molecule has 0 bridgehead atoms. The van der Waals surface area contributed by atoms with Crippen LogP contribution in [-0.2, 0) is 0 Å². The molecule has 1 aromatic heterocycles. The van der Waals surface area contributed by atoms with Gasteiger partial charge in [0.1, 0.15) is 5.56 Å². The average Bonchev–Trinajstić information content (AvgIpc) is 2.85. The zero-order chi connectivity index (χ0) is 14.0. The first-order valence-corrected chi connectivity index (χ1v) is 6.54. The number of amides is 1. The Morgan fingerprint density at radius 1 is 1.68 bits per heavy atom. The molecule has 0 aromatic carbocycles. The minimum Gasteiger partial charge on any atom is -0.335 e. The smallest absolute Gasteiger partial charge is 0.319 e. The Kier molecular flexibility index (Phi) is 3.99. The number of carbonyl (C=O) groups is 1. The van der Waals surface area contributed by atoms with Gasteiger partial charge in [-0.3, -0.25) is 14.9 Å². The Morgan fingerprint density at radius 2 is 2.42 bits per heavy atom. The molecule has 2 heterocycles. The highest BCUT2D eigenvalue weighted by atomic mass is 35.5. The third kappa shape index (κ3) is 2.53. The van der Waals surface area contributed by atoms with Gasteiger partial charge >= 0.3 is 5.69 Å². The maximum absolute atomic E-state index is 12.4. The highest BCUT2D eigenvalue weighted by Crippen LogP contribution is 2.30. The molecule has 19 heavy (non-hydrogen) atoms.